The highest BCUT2D eigenvalue weighted by atomic mass is 35.5. The Bertz CT molecular complexity index is 912. The molecule has 160 valence electrons. The fourth-order valence-corrected chi connectivity index (χ4v) is 3.42. The summed E-state index contributed by atoms with van der Waals surface area (Å²) in [6.45, 7) is -0.549. The number of hydrogen-bond acceptors (Lipinski definition) is 5. The molecule has 2 aromatic rings. The zero-order valence-corrected chi connectivity index (χ0v) is 19.0. The molecule has 2 amide bonds. The van der Waals surface area contributed by atoms with Crippen molar-refractivity contribution in [3.8, 4) is 0 Å². The van der Waals surface area contributed by atoms with Gasteiger partial charge < -0.3 is 15.4 Å². The number of halogens is 3. The van der Waals surface area contributed by atoms with Crippen LogP contribution >= 0.6 is 46.6 Å². The van der Waals surface area contributed by atoms with Crippen molar-refractivity contribution in [3.63, 3.8) is 0 Å². The van der Waals surface area contributed by atoms with E-state index in [1.807, 2.05) is 6.26 Å². The maximum atomic E-state index is 12.4. The lowest BCUT2D eigenvalue weighted by atomic mass is 10.1. The van der Waals surface area contributed by atoms with E-state index in [0.717, 1.165) is 0 Å². The van der Waals surface area contributed by atoms with Gasteiger partial charge in [0.25, 0.3) is 11.8 Å². The van der Waals surface area contributed by atoms with E-state index in [1.54, 1.807) is 30.3 Å². The number of benzene rings is 2. The number of thioether (sulfide) groups is 1. The Kier molecular flexibility index (Phi) is 9.78. The Morgan fingerprint density at radius 1 is 1.03 bits per heavy atom. The second-order valence-corrected chi connectivity index (χ2v) is 8.28. The number of amides is 2. The minimum absolute atomic E-state index is 0.192. The van der Waals surface area contributed by atoms with Crippen molar-refractivity contribution < 1.29 is 19.1 Å². The number of nitrogens with one attached hydrogen (secondary N) is 2. The van der Waals surface area contributed by atoms with Crippen LogP contribution in [0.25, 0.3) is 0 Å². The second-order valence-electron chi connectivity index (χ2n) is 6.08. The van der Waals surface area contributed by atoms with Gasteiger partial charge >= 0.3 is 5.97 Å². The zero-order chi connectivity index (χ0) is 22.1. The minimum Gasteiger partial charge on any atom is -0.454 e. The van der Waals surface area contributed by atoms with Gasteiger partial charge in [-0.1, -0.05) is 53.0 Å². The van der Waals surface area contributed by atoms with Gasteiger partial charge in [-0.05, 0) is 42.7 Å². The van der Waals surface area contributed by atoms with E-state index >= 15 is 0 Å². The molecule has 0 aliphatic heterocycles. The predicted octanol–water partition coefficient (Wildman–Crippen LogP) is 4.68. The highest BCUT2D eigenvalue weighted by Gasteiger charge is 2.23. The van der Waals surface area contributed by atoms with Crippen molar-refractivity contribution in [2.75, 3.05) is 23.9 Å². The van der Waals surface area contributed by atoms with E-state index in [4.69, 9.17) is 39.5 Å². The normalized spacial score (nSPS) is 11.5. The molecule has 0 spiro atoms. The van der Waals surface area contributed by atoms with Gasteiger partial charge in [0.15, 0.2) is 6.61 Å². The lowest BCUT2D eigenvalue weighted by molar-refractivity contribution is -0.149. The summed E-state index contributed by atoms with van der Waals surface area (Å²) in [6, 6.07) is 10.4. The van der Waals surface area contributed by atoms with Gasteiger partial charge in [-0.2, -0.15) is 11.8 Å². The van der Waals surface area contributed by atoms with Crippen LogP contribution in [0, 0.1) is 0 Å². The van der Waals surface area contributed by atoms with E-state index in [-0.39, 0.29) is 20.8 Å². The Morgan fingerprint density at radius 2 is 1.70 bits per heavy atom. The molecule has 30 heavy (non-hydrogen) atoms. The predicted molar refractivity (Wildman–Crippen MR) is 122 cm³/mol. The van der Waals surface area contributed by atoms with Gasteiger partial charge in [0.05, 0.1) is 20.8 Å². The first-order valence-corrected chi connectivity index (χ1v) is 11.3. The summed E-state index contributed by atoms with van der Waals surface area (Å²) in [7, 11) is 0. The molecule has 10 heteroatoms. The fraction of sp³-hybridized carbons (Fsp3) is 0.250. The molecular formula is C20H19Cl3N2O4S. The van der Waals surface area contributed by atoms with Crippen molar-refractivity contribution >= 4 is 70.0 Å². The summed E-state index contributed by atoms with van der Waals surface area (Å²) >= 11 is 19.3. The summed E-state index contributed by atoms with van der Waals surface area (Å²) in [5.74, 6) is -1.09. The molecule has 0 saturated heterocycles. The van der Waals surface area contributed by atoms with E-state index in [2.05, 4.69) is 10.6 Å². The molecule has 0 aliphatic rings. The van der Waals surface area contributed by atoms with Crippen LogP contribution in [0.2, 0.25) is 15.1 Å². The molecule has 2 N–H and O–H groups in total. The van der Waals surface area contributed by atoms with Gasteiger partial charge in [0, 0.05) is 5.56 Å². The van der Waals surface area contributed by atoms with Crippen molar-refractivity contribution in [2.24, 2.45) is 0 Å². The third-order valence-electron chi connectivity index (χ3n) is 3.87. The van der Waals surface area contributed by atoms with Gasteiger partial charge in [-0.3, -0.25) is 9.59 Å². The summed E-state index contributed by atoms with van der Waals surface area (Å²) in [5, 5.41) is 5.81. The average Bonchev–Trinajstić information content (AvgIpc) is 2.73. The number of anilines is 1. The first-order chi connectivity index (χ1) is 14.3. The number of carbonyl (C=O) groups is 3. The van der Waals surface area contributed by atoms with Crippen molar-refractivity contribution in [2.45, 2.75) is 12.5 Å². The van der Waals surface area contributed by atoms with E-state index in [9.17, 15) is 14.4 Å². The summed E-state index contributed by atoms with van der Waals surface area (Å²) in [5.41, 5.74) is 0.662. The third-order valence-corrected chi connectivity index (χ3v) is 5.54. The summed E-state index contributed by atoms with van der Waals surface area (Å²) in [6.07, 6.45) is 2.24. The fourth-order valence-electron chi connectivity index (χ4n) is 2.36. The van der Waals surface area contributed by atoms with Gasteiger partial charge in [-0.25, -0.2) is 4.79 Å². The zero-order valence-electron chi connectivity index (χ0n) is 15.9. The number of ether oxygens (including phenoxy) is 1. The molecule has 0 aromatic heterocycles. The maximum Gasteiger partial charge on any atom is 0.329 e. The van der Waals surface area contributed by atoms with Gasteiger partial charge in [-0.15, -0.1) is 0 Å². The SMILES string of the molecule is CSCCC(NC(=O)c1ccccc1)C(=O)OCC(=O)Nc1cc(Cl)c(Cl)cc1Cl. The molecule has 6 nitrogen and oxygen atoms in total. The van der Waals surface area contributed by atoms with Crippen LogP contribution in [0.4, 0.5) is 5.69 Å². The van der Waals surface area contributed by atoms with Gasteiger partial charge in [0.2, 0.25) is 0 Å². The first-order valence-electron chi connectivity index (χ1n) is 8.77. The topological polar surface area (TPSA) is 84.5 Å². The lowest BCUT2D eigenvalue weighted by Crippen LogP contribution is -2.43. The Balaban J connectivity index is 1.95. The molecule has 0 radical (unpaired) electrons. The van der Waals surface area contributed by atoms with Crippen LogP contribution in [-0.4, -0.2) is 42.4 Å². The van der Waals surface area contributed by atoms with E-state index < -0.39 is 30.4 Å². The molecule has 1 atom stereocenters. The van der Waals surface area contributed by atoms with Crippen molar-refractivity contribution in [1.29, 1.82) is 0 Å². The molecular weight excluding hydrogens is 471 g/mol. The molecule has 0 aliphatic carbocycles. The van der Waals surface area contributed by atoms with Crippen LogP contribution < -0.4 is 10.6 Å². The Hall–Kier alpha value is -1.93. The highest BCUT2D eigenvalue weighted by Crippen LogP contribution is 2.32. The van der Waals surface area contributed by atoms with E-state index in [1.165, 1.54) is 23.9 Å². The molecule has 2 rings (SSSR count). The second kappa shape index (κ2) is 12.1. The van der Waals surface area contributed by atoms with Crippen molar-refractivity contribution in [3.05, 3.63) is 63.1 Å². The summed E-state index contributed by atoms with van der Waals surface area (Å²) in [4.78, 5) is 36.9. The quantitative estimate of drug-likeness (QED) is 0.395. The minimum atomic E-state index is -0.883. The number of rotatable bonds is 9. The van der Waals surface area contributed by atoms with Gasteiger partial charge in [0.1, 0.15) is 6.04 Å². The number of esters is 1. The highest BCUT2D eigenvalue weighted by molar-refractivity contribution is 7.98. The average molecular weight is 490 g/mol. The third kappa shape index (κ3) is 7.40. The summed E-state index contributed by atoms with van der Waals surface area (Å²) < 4.78 is 5.09. The molecule has 0 bridgehead atoms. The number of hydrogen-bond donors (Lipinski definition) is 2. The maximum absolute atomic E-state index is 12.4. The Morgan fingerprint density at radius 3 is 2.37 bits per heavy atom. The lowest BCUT2D eigenvalue weighted by Gasteiger charge is -2.17. The molecule has 0 heterocycles. The first kappa shape index (κ1) is 24.3. The molecule has 2 aromatic carbocycles. The van der Waals surface area contributed by atoms with Crippen LogP contribution in [0.15, 0.2) is 42.5 Å². The van der Waals surface area contributed by atoms with Crippen LogP contribution in [0.1, 0.15) is 16.8 Å². The molecule has 0 saturated carbocycles. The van der Waals surface area contributed by atoms with Crippen molar-refractivity contribution in [1.82, 2.24) is 5.32 Å². The smallest absolute Gasteiger partial charge is 0.329 e. The largest absolute Gasteiger partial charge is 0.454 e. The van der Waals surface area contributed by atoms with Crippen LogP contribution in [-0.2, 0) is 14.3 Å². The van der Waals surface area contributed by atoms with E-state index in [0.29, 0.717) is 17.7 Å². The van der Waals surface area contributed by atoms with Crippen LogP contribution in [0.5, 0.6) is 0 Å². The number of carbonyl (C=O) groups excluding carboxylic acids is 3. The van der Waals surface area contributed by atoms with Crippen LogP contribution in [0.3, 0.4) is 0 Å². The monoisotopic (exact) mass is 488 g/mol. The molecule has 0 fully saturated rings. The molecule has 1 unspecified atom stereocenters. The Labute approximate surface area is 193 Å². The standard InChI is InChI=1S/C20H19Cl3N2O4S/c1-30-8-7-16(25-19(27)12-5-3-2-4-6-12)20(28)29-11-18(26)24-17-10-14(22)13(21)9-15(17)23/h2-6,9-10,16H,7-8,11H2,1H3,(H,24,26)(H,25,27).